The van der Waals surface area contributed by atoms with E-state index < -0.39 is 0 Å². The first-order valence-corrected chi connectivity index (χ1v) is 9.71. The zero-order valence-corrected chi connectivity index (χ0v) is 15.7. The third-order valence-electron chi connectivity index (χ3n) is 5.66. The highest BCUT2D eigenvalue weighted by atomic mass is 16.5. The van der Waals surface area contributed by atoms with Crippen LogP contribution in [0.4, 0.5) is 5.69 Å². The maximum Gasteiger partial charge on any atom is 0.101 e. The Bertz CT molecular complexity index is 801. The SMILES string of the molecule is CC(NCC1CCN(c2ccccc2C#N)CC1)c1cn(C2COC2)nn1. The second kappa shape index (κ2) is 8.07. The van der Waals surface area contributed by atoms with Crippen molar-refractivity contribution in [2.24, 2.45) is 5.92 Å². The van der Waals surface area contributed by atoms with Gasteiger partial charge in [0.2, 0.25) is 0 Å². The Labute approximate surface area is 159 Å². The summed E-state index contributed by atoms with van der Waals surface area (Å²) in [6, 6.07) is 10.7. The van der Waals surface area contributed by atoms with Crippen molar-refractivity contribution >= 4 is 5.69 Å². The smallest absolute Gasteiger partial charge is 0.101 e. The molecule has 1 aromatic heterocycles. The molecule has 0 amide bonds. The summed E-state index contributed by atoms with van der Waals surface area (Å²) >= 11 is 0. The number of aromatic nitrogens is 3. The Morgan fingerprint density at radius 3 is 2.78 bits per heavy atom. The maximum atomic E-state index is 9.30. The number of nitrogens with zero attached hydrogens (tertiary/aromatic N) is 5. The summed E-state index contributed by atoms with van der Waals surface area (Å²) in [5.74, 6) is 0.646. The molecule has 2 aromatic rings. The van der Waals surface area contributed by atoms with E-state index in [9.17, 15) is 5.26 Å². The van der Waals surface area contributed by atoms with Crippen molar-refractivity contribution in [3.8, 4) is 6.07 Å². The molecule has 0 radical (unpaired) electrons. The molecule has 7 heteroatoms. The molecule has 3 heterocycles. The number of piperidine rings is 1. The second-order valence-electron chi connectivity index (χ2n) is 7.50. The predicted molar refractivity (Wildman–Crippen MR) is 102 cm³/mol. The lowest BCUT2D eigenvalue weighted by atomic mass is 9.95. The lowest BCUT2D eigenvalue weighted by Gasteiger charge is -2.34. The lowest BCUT2D eigenvalue weighted by Crippen LogP contribution is -2.38. The van der Waals surface area contributed by atoms with Crippen molar-refractivity contribution in [2.75, 3.05) is 37.7 Å². The van der Waals surface area contributed by atoms with Crippen LogP contribution in [0.3, 0.4) is 0 Å². The normalized spacial score (nSPS) is 19.5. The first-order chi connectivity index (χ1) is 13.2. The Morgan fingerprint density at radius 2 is 2.07 bits per heavy atom. The van der Waals surface area contributed by atoms with Gasteiger partial charge >= 0.3 is 0 Å². The van der Waals surface area contributed by atoms with E-state index in [1.807, 2.05) is 29.1 Å². The Morgan fingerprint density at radius 1 is 1.30 bits per heavy atom. The van der Waals surface area contributed by atoms with Gasteiger partial charge in [-0.2, -0.15) is 5.26 Å². The molecule has 2 saturated heterocycles. The van der Waals surface area contributed by atoms with Gasteiger partial charge in [-0.1, -0.05) is 17.3 Å². The number of para-hydroxylation sites is 1. The van der Waals surface area contributed by atoms with E-state index in [1.165, 1.54) is 0 Å². The molecule has 2 aliphatic rings. The van der Waals surface area contributed by atoms with Crippen molar-refractivity contribution in [1.82, 2.24) is 20.3 Å². The molecule has 4 rings (SSSR count). The summed E-state index contributed by atoms with van der Waals surface area (Å²) in [7, 11) is 0. The number of anilines is 1. The van der Waals surface area contributed by atoms with Crippen LogP contribution in [0.5, 0.6) is 0 Å². The molecular weight excluding hydrogens is 340 g/mol. The average Bonchev–Trinajstić information content (AvgIpc) is 3.14. The highest BCUT2D eigenvalue weighted by Gasteiger charge is 2.24. The van der Waals surface area contributed by atoms with E-state index in [0.717, 1.165) is 62.6 Å². The van der Waals surface area contributed by atoms with Crippen molar-refractivity contribution < 1.29 is 4.74 Å². The minimum atomic E-state index is 0.192. The van der Waals surface area contributed by atoms with Crippen molar-refractivity contribution in [2.45, 2.75) is 31.8 Å². The first kappa shape index (κ1) is 18.0. The maximum absolute atomic E-state index is 9.30. The summed E-state index contributed by atoms with van der Waals surface area (Å²) in [6.07, 6.45) is 4.30. The van der Waals surface area contributed by atoms with Gasteiger partial charge in [0, 0.05) is 13.1 Å². The molecule has 0 saturated carbocycles. The van der Waals surface area contributed by atoms with Gasteiger partial charge in [0.05, 0.1) is 42.4 Å². The fourth-order valence-electron chi connectivity index (χ4n) is 3.71. The fraction of sp³-hybridized carbons (Fsp3) is 0.550. The van der Waals surface area contributed by atoms with Gasteiger partial charge in [0.1, 0.15) is 12.1 Å². The van der Waals surface area contributed by atoms with Gasteiger partial charge < -0.3 is 15.0 Å². The van der Waals surface area contributed by atoms with Crippen LogP contribution in [-0.2, 0) is 4.74 Å². The minimum Gasteiger partial charge on any atom is -0.377 e. The monoisotopic (exact) mass is 366 g/mol. The van der Waals surface area contributed by atoms with Crippen LogP contribution in [0.15, 0.2) is 30.5 Å². The first-order valence-electron chi connectivity index (χ1n) is 9.71. The molecule has 1 aromatic carbocycles. The number of benzene rings is 1. The molecule has 27 heavy (non-hydrogen) atoms. The molecule has 1 unspecified atom stereocenters. The third kappa shape index (κ3) is 3.97. The van der Waals surface area contributed by atoms with Crippen molar-refractivity contribution in [3.63, 3.8) is 0 Å². The molecule has 1 N–H and O–H groups in total. The lowest BCUT2D eigenvalue weighted by molar-refractivity contribution is -0.0294. The molecule has 0 bridgehead atoms. The van der Waals surface area contributed by atoms with Gasteiger partial charge in [0.25, 0.3) is 0 Å². The van der Waals surface area contributed by atoms with Crippen LogP contribution in [0.2, 0.25) is 0 Å². The quantitative estimate of drug-likeness (QED) is 0.845. The number of nitriles is 1. The summed E-state index contributed by atoms with van der Waals surface area (Å²) in [4.78, 5) is 2.34. The van der Waals surface area contributed by atoms with Crippen LogP contribution in [-0.4, -0.2) is 47.8 Å². The van der Waals surface area contributed by atoms with Gasteiger partial charge in [-0.3, -0.25) is 0 Å². The van der Waals surface area contributed by atoms with E-state index in [1.54, 1.807) is 0 Å². The standard InChI is InChI=1S/C20H26N6O/c1-15(19-12-26(24-23-19)18-13-27-14-18)22-11-16-6-8-25(9-7-16)20-5-3-2-4-17(20)10-21/h2-5,12,15-16,18,22H,6-9,11,13-14H2,1H3. The number of nitrogens with one attached hydrogen (secondary N) is 1. The second-order valence-corrected chi connectivity index (χ2v) is 7.50. The van der Waals surface area contributed by atoms with Gasteiger partial charge in [-0.15, -0.1) is 5.10 Å². The van der Waals surface area contributed by atoms with E-state index in [-0.39, 0.29) is 6.04 Å². The summed E-state index contributed by atoms with van der Waals surface area (Å²) < 4.78 is 7.13. The number of rotatable bonds is 6. The number of hydrogen-bond acceptors (Lipinski definition) is 6. The number of ether oxygens (including phenoxy) is 1. The Hall–Kier alpha value is -2.43. The molecule has 7 nitrogen and oxygen atoms in total. The van der Waals surface area contributed by atoms with E-state index in [2.05, 4.69) is 39.6 Å². The zero-order valence-electron chi connectivity index (χ0n) is 15.7. The van der Waals surface area contributed by atoms with Crippen LogP contribution in [0.1, 0.15) is 43.1 Å². The Balaban J connectivity index is 1.26. The van der Waals surface area contributed by atoms with Crippen LogP contribution < -0.4 is 10.2 Å². The fourth-order valence-corrected chi connectivity index (χ4v) is 3.71. The molecule has 2 fully saturated rings. The van der Waals surface area contributed by atoms with E-state index >= 15 is 0 Å². The molecule has 2 aliphatic heterocycles. The Kier molecular flexibility index (Phi) is 5.37. The van der Waals surface area contributed by atoms with Crippen molar-refractivity contribution in [3.05, 3.63) is 41.7 Å². The predicted octanol–water partition coefficient (Wildman–Crippen LogP) is 2.29. The van der Waals surface area contributed by atoms with Gasteiger partial charge in [0.15, 0.2) is 0 Å². The largest absolute Gasteiger partial charge is 0.377 e. The highest BCUT2D eigenvalue weighted by Crippen LogP contribution is 2.26. The summed E-state index contributed by atoms with van der Waals surface area (Å²) in [5, 5.41) is 21.5. The molecule has 142 valence electrons. The van der Waals surface area contributed by atoms with Crippen LogP contribution in [0.25, 0.3) is 0 Å². The number of hydrogen-bond donors (Lipinski definition) is 1. The zero-order chi connectivity index (χ0) is 18.6. The van der Waals surface area contributed by atoms with Gasteiger partial charge in [-0.25, -0.2) is 4.68 Å². The van der Waals surface area contributed by atoms with E-state index in [4.69, 9.17) is 4.74 Å². The van der Waals surface area contributed by atoms with Crippen LogP contribution >= 0.6 is 0 Å². The summed E-state index contributed by atoms with van der Waals surface area (Å²) in [5.41, 5.74) is 2.82. The third-order valence-corrected chi connectivity index (χ3v) is 5.66. The van der Waals surface area contributed by atoms with Gasteiger partial charge in [-0.05, 0) is 44.4 Å². The summed E-state index contributed by atoms with van der Waals surface area (Å²) in [6.45, 7) is 6.59. The highest BCUT2D eigenvalue weighted by molar-refractivity contribution is 5.59. The molecule has 1 atom stereocenters. The molecule has 0 spiro atoms. The average molecular weight is 366 g/mol. The molecule has 0 aliphatic carbocycles. The minimum absolute atomic E-state index is 0.192. The molecular formula is C20H26N6O. The van der Waals surface area contributed by atoms with Crippen molar-refractivity contribution in [1.29, 1.82) is 5.26 Å². The van der Waals surface area contributed by atoms with E-state index in [0.29, 0.717) is 12.0 Å². The van der Waals surface area contributed by atoms with Crippen LogP contribution in [0, 0.1) is 17.2 Å². The topological polar surface area (TPSA) is 79.0 Å².